The maximum absolute atomic E-state index is 12.7. The van der Waals surface area contributed by atoms with Crippen LogP contribution < -0.4 is 9.64 Å². The lowest BCUT2D eigenvalue weighted by atomic mass is 9.55. The van der Waals surface area contributed by atoms with E-state index in [4.69, 9.17) is 14.2 Å². The van der Waals surface area contributed by atoms with E-state index in [1.165, 1.54) is 29.7 Å². The van der Waals surface area contributed by atoms with Crippen LogP contribution in [0.15, 0.2) is 18.2 Å². The Balaban J connectivity index is 1.23. The van der Waals surface area contributed by atoms with E-state index in [2.05, 4.69) is 25.1 Å². The molecule has 1 aromatic rings. The van der Waals surface area contributed by atoms with E-state index in [0.717, 1.165) is 63.8 Å². The number of carbonyl (C=O) groups excluding carboxylic acids is 1. The van der Waals surface area contributed by atoms with Gasteiger partial charge in [0.2, 0.25) is 0 Å². The summed E-state index contributed by atoms with van der Waals surface area (Å²) >= 11 is 0. The highest BCUT2D eigenvalue weighted by Crippen LogP contribution is 2.61. The van der Waals surface area contributed by atoms with Gasteiger partial charge >= 0.3 is 5.97 Å². The Morgan fingerprint density at radius 1 is 1.19 bits per heavy atom. The van der Waals surface area contributed by atoms with Crippen LogP contribution in [0.5, 0.6) is 5.75 Å². The second-order valence-electron chi connectivity index (χ2n) is 10.4. The zero-order valence-corrected chi connectivity index (χ0v) is 19.2. The monoisotopic (exact) mass is 428 g/mol. The van der Waals surface area contributed by atoms with E-state index < -0.39 is 0 Å². The molecule has 4 aliphatic rings. The lowest BCUT2D eigenvalue weighted by Gasteiger charge is -2.50. The third-order valence-electron chi connectivity index (χ3n) is 9.00. The summed E-state index contributed by atoms with van der Waals surface area (Å²) in [7, 11) is 1.75. The van der Waals surface area contributed by atoms with E-state index in [9.17, 15) is 4.79 Å². The molecule has 170 valence electrons. The Bertz CT molecular complexity index is 805. The quantitative estimate of drug-likeness (QED) is 0.733. The normalized spacial score (nSPS) is 35.0. The third kappa shape index (κ3) is 4.00. The van der Waals surface area contributed by atoms with Gasteiger partial charge in [-0.05, 0) is 79.5 Å². The van der Waals surface area contributed by atoms with Crippen LogP contribution in [0.3, 0.4) is 0 Å². The molecular weight excluding hydrogens is 390 g/mol. The van der Waals surface area contributed by atoms with Crippen molar-refractivity contribution in [1.29, 1.82) is 0 Å². The van der Waals surface area contributed by atoms with Crippen molar-refractivity contribution in [2.24, 2.45) is 17.3 Å². The largest absolute Gasteiger partial charge is 0.497 e. The summed E-state index contributed by atoms with van der Waals surface area (Å²) in [6, 6.07) is 6.69. The third-order valence-corrected chi connectivity index (χ3v) is 9.00. The molecule has 0 spiro atoms. The van der Waals surface area contributed by atoms with Crippen LogP contribution in [0.4, 0.5) is 0 Å². The van der Waals surface area contributed by atoms with Crippen LogP contribution in [0.2, 0.25) is 0 Å². The summed E-state index contributed by atoms with van der Waals surface area (Å²) in [4.78, 5) is 14.2. The van der Waals surface area contributed by atoms with Crippen LogP contribution >= 0.6 is 0 Å². The Morgan fingerprint density at radius 3 is 2.84 bits per heavy atom. The second-order valence-corrected chi connectivity index (χ2v) is 10.4. The fraction of sp³-hybridized carbons (Fsp3) is 0.731. The predicted octanol–water partition coefficient (Wildman–Crippen LogP) is 2.77. The average molecular weight is 429 g/mol. The van der Waals surface area contributed by atoms with Gasteiger partial charge in [-0.1, -0.05) is 13.0 Å². The summed E-state index contributed by atoms with van der Waals surface area (Å²) in [5.74, 6) is 3.04. The number of nitrogens with one attached hydrogen (secondary N) is 1. The molecule has 0 aromatic heterocycles. The minimum Gasteiger partial charge on any atom is -0.497 e. The van der Waals surface area contributed by atoms with Crippen molar-refractivity contribution < 1.29 is 23.9 Å². The maximum Gasteiger partial charge on any atom is 0.311 e. The van der Waals surface area contributed by atoms with Gasteiger partial charge in [0.1, 0.15) is 24.9 Å². The Labute approximate surface area is 186 Å². The number of esters is 1. The van der Waals surface area contributed by atoms with E-state index in [0.29, 0.717) is 18.3 Å². The Hall–Kier alpha value is -1.59. The fourth-order valence-corrected chi connectivity index (χ4v) is 7.24. The number of fused-ring (bicyclic) bond motifs is 5. The van der Waals surface area contributed by atoms with E-state index in [-0.39, 0.29) is 17.5 Å². The van der Waals surface area contributed by atoms with Crippen molar-refractivity contribution >= 4 is 5.97 Å². The van der Waals surface area contributed by atoms with Crippen LogP contribution in [-0.2, 0) is 20.7 Å². The first-order valence-electron chi connectivity index (χ1n) is 12.4. The minimum absolute atomic E-state index is 0.00840. The number of aryl methyl sites for hydroxylation is 1. The van der Waals surface area contributed by atoms with E-state index in [1.54, 1.807) is 12.7 Å². The molecule has 5 heteroatoms. The van der Waals surface area contributed by atoms with Gasteiger partial charge in [-0.2, -0.15) is 0 Å². The SMILES string of the molecule is COc1ccc2c(c1)CC[C@@H]1[C@@H]2CC[C@]2(C)[C@@H](OC(=O)CC[NH+]3CCOCC3)CC[C@@H]12. The molecular formula is C26H38NO4+. The van der Waals surface area contributed by atoms with Gasteiger partial charge in [-0.25, -0.2) is 0 Å². The first kappa shape index (κ1) is 21.3. The highest BCUT2D eigenvalue weighted by atomic mass is 16.5. The lowest BCUT2D eigenvalue weighted by Crippen LogP contribution is -3.14. The Kier molecular flexibility index (Phi) is 6.00. The summed E-state index contributed by atoms with van der Waals surface area (Å²) in [5.41, 5.74) is 3.18. The molecule has 0 unspecified atom stereocenters. The van der Waals surface area contributed by atoms with E-state index in [1.807, 2.05) is 0 Å². The molecule has 5 nitrogen and oxygen atoms in total. The number of hydrogen-bond donors (Lipinski definition) is 1. The molecule has 0 radical (unpaired) electrons. The van der Waals surface area contributed by atoms with Crippen molar-refractivity contribution in [1.82, 2.24) is 0 Å². The molecule has 31 heavy (non-hydrogen) atoms. The number of hydrogen-bond acceptors (Lipinski definition) is 4. The topological polar surface area (TPSA) is 49.2 Å². The predicted molar refractivity (Wildman–Crippen MR) is 118 cm³/mol. The molecule has 3 fully saturated rings. The molecule has 2 saturated carbocycles. The number of ether oxygens (including phenoxy) is 3. The molecule has 1 aromatic carbocycles. The van der Waals surface area contributed by atoms with Crippen molar-refractivity contribution in [2.75, 3.05) is 40.0 Å². The standard InChI is InChI=1S/C26H37NO4/c1-26-11-9-21-20-6-4-19(29-2)17-18(20)3-5-22(21)23(26)7-8-24(26)31-25(28)10-12-27-13-15-30-16-14-27/h4,6,17,21-24H,3,5,7-16H2,1-2H3/p+1/t21-,22-,23+,24+,26+/m1/s1. The minimum atomic E-state index is 0.00840. The highest BCUT2D eigenvalue weighted by molar-refractivity contribution is 5.69. The summed E-state index contributed by atoms with van der Waals surface area (Å²) in [6.07, 6.45) is 7.65. The average Bonchev–Trinajstić information content (AvgIpc) is 3.13. The smallest absolute Gasteiger partial charge is 0.311 e. The second kappa shape index (κ2) is 8.74. The number of carbonyl (C=O) groups is 1. The molecule has 0 bridgehead atoms. The molecule has 5 rings (SSSR count). The zero-order valence-electron chi connectivity index (χ0n) is 19.2. The first-order valence-corrected chi connectivity index (χ1v) is 12.4. The van der Waals surface area contributed by atoms with Crippen molar-refractivity contribution in [3.63, 3.8) is 0 Å². The summed E-state index contributed by atoms with van der Waals surface area (Å²) in [6.45, 7) is 6.92. The van der Waals surface area contributed by atoms with Crippen molar-refractivity contribution in [2.45, 2.75) is 63.9 Å². The maximum atomic E-state index is 12.7. The van der Waals surface area contributed by atoms with E-state index >= 15 is 0 Å². The van der Waals surface area contributed by atoms with Crippen LogP contribution in [0.25, 0.3) is 0 Å². The van der Waals surface area contributed by atoms with Gasteiger partial charge in [0, 0.05) is 5.41 Å². The van der Waals surface area contributed by atoms with Gasteiger partial charge in [-0.15, -0.1) is 0 Å². The fourth-order valence-electron chi connectivity index (χ4n) is 7.24. The van der Waals surface area contributed by atoms with Crippen molar-refractivity contribution in [3.8, 4) is 5.75 Å². The number of methoxy groups -OCH3 is 1. The molecule has 1 N–H and O–H groups in total. The molecule has 1 aliphatic heterocycles. The number of rotatable bonds is 5. The van der Waals surface area contributed by atoms with Crippen LogP contribution in [0, 0.1) is 17.3 Å². The van der Waals surface area contributed by atoms with Crippen LogP contribution in [0.1, 0.15) is 62.5 Å². The molecule has 5 atom stereocenters. The van der Waals surface area contributed by atoms with Gasteiger partial charge in [0.25, 0.3) is 0 Å². The molecule has 3 aliphatic carbocycles. The van der Waals surface area contributed by atoms with Gasteiger partial charge in [0.05, 0.1) is 33.3 Å². The number of quaternary nitrogens is 1. The van der Waals surface area contributed by atoms with Gasteiger partial charge in [-0.3, -0.25) is 4.79 Å². The number of morpholine rings is 1. The molecule has 0 amide bonds. The lowest BCUT2D eigenvalue weighted by molar-refractivity contribution is -0.907. The summed E-state index contributed by atoms with van der Waals surface area (Å²) in [5, 5.41) is 0. The number of benzene rings is 1. The first-order chi connectivity index (χ1) is 15.1. The molecule has 1 heterocycles. The Morgan fingerprint density at radius 2 is 2.03 bits per heavy atom. The zero-order chi connectivity index (χ0) is 21.4. The van der Waals surface area contributed by atoms with Crippen LogP contribution in [-0.4, -0.2) is 52.0 Å². The summed E-state index contributed by atoms with van der Waals surface area (Å²) < 4.78 is 17.0. The van der Waals surface area contributed by atoms with Gasteiger partial charge < -0.3 is 19.1 Å². The van der Waals surface area contributed by atoms with Crippen molar-refractivity contribution in [3.05, 3.63) is 29.3 Å². The molecule has 1 saturated heterocycles. The van der Waals surface area contributed by atoms with Gasteiger partial charge in [0.15, 0.2) is 0 Å². The highest BCUT2D eigenvalue weighted by Gasteiger charge is 2.56.